The molecule has 1 fully saturated rings. The fourth-order valence-corrected chi connectivity index (χ4v) is 2.47. The van der Waals surface area contributed by atoms with E-state index in [1.165, 1.54) is 11.0 Å². The summed E-state index contributed by atoms with van der Waals surface area (Å²) in [5.74, 6) is -1.88. The number of amides is 2. The van der Waals surface area contributed by atoms with Crippen molar-refractivity contribution in [3.63, 3.8) is 0 Å². The van der Waals surface area contributed by atoms with Crippen molar-refractivity contribution >= 4 is 6.03 Å². The number of β-amino-alcohol motifs (C(OH)–C–C–N with tert-alkyl or cyclic N) is 1. The van der Waals surface area contributed by atoms with Crippen LogP contribution < -0.4 is 0 Å². The van der Waals surface area contributed by atoms with E-state index in [4.69, 9.17) is 0 Å². The molecule has 7 heteroatoms. The van der Waals surface area contributed by atoms with E-state index in [-0.39, 0.29) is 6.03 Å². The lowest BCUT2D eigenvalue weighted by atomic mass is 10.1. The number of carbonyl (C=O) groups excluding carboxylic acids is 1. The summed E-state index contributed by atoms with van der Waals surface area (Å²) >= 11 is 0. The topological polar surface area (TPSA) is 47.0 Å². The smallest absolute Gasteiger partial charge is 0.319 e. The number of halogens is 2. The second-order valence-electron chi connectivity index (χ2n) is 5.65. The van der Waals surface area contributed by atoms with E-state index in [9.17, 15) is 18.7 Å². The summed E-state index contributed by atoms with van der Waals surface area (Å²) in [6, 6.07) is 3.39. The van der Waals surface area contributed by atoms with Gasteiger partial charge >= 0.3 is 6.03 Å². The lowest BCUT2D eigenvalue weighted by Gasteiger charge is -2.36. The molecule has 0 aliphatic carbocycles. The minimum atomic E-state index is -0.960. The van der Waals surface area contributed by atoms with E-state index < -0.39 is 17.7 Å². The van der Waals surface area contributed by atoms with Crippen LogP contribution in [0.2, 0.25) is 0 Å². The molecule has 1 N–H and O–H groups in total. The number of aliphatic hydroxyl groups excluding tert-OH is 1. The maximum atomic E-state index is 13.2. The van der Waals surface area contributed by atoms with Gasteiger partial charge in [0.25, 0.3) is 0 Å². The van der Waals surface area contributed by atoms with Crippen molar-refractivity contribution in [2.75, 3.05) is 46.8 Å². The summed E-state index contributed by atoms with van der Waals surface area (Å²) < 4.78 is 26.1. The van der Waals surface area contributed by atoms with Crippen LogP contribution in [0.1, 0.15) is 11.7 Å². The predicted molar refractivity (Wildman–Crippen MR) is 78.4 cm³/mol. The molecule has 2 amide bonds. The normalized spacial score (nSPS) is 17.4. The summed E-state index contributed by atoms with van der Waals surface area (Å²) in [5.41, 5.74) is 0.352. The van der Waals surface area contributed by atoms with Gasteiger partial charge in [-0.15, -0.1) is 0 Å². The van der Waals surface area contributed by atoms with Gasteiger partial charge < -0.3 is 14.9 Å². The maximum absolute atomic E-state index is 13.2. The van der Waals surface area contributed by atoms with E-state index in [0.717, 1.165) is 12.1 Å². The van der Waals surface area contributed by atoms with Crippen LogP contribution in [-0.2, 0) is 0 Å². The fourth-order valence-electron chi connectivity index (χ4n) is 2.47. The van der Waals surface area contributed by atoms with Crippen LogP contribution in [0.4, 0.5) is 13.6 Å². The maximum Gasteiger partial charge on any atom is 0.319 e. The van der Waals surface area contributed by atoms with E-state index in [1.807, 2.05) is 4.90 Å². The first-order chi connectivity index (χ1) is 10.4. The Morgan fingerprint density at radius 3 is 2.41 bits per heavy atom. The number of carbonyl (C=O) groups is 1. The molecule has 0 bridgehead atoms. The molecule has 1 aliphatic heterocycles. The monoisotopic (exact) mass is 313 g/mol. The molecule has 0 aromatic heterocycles. The molecule has 1 atom stereocenters. The molecule has 1 saturated heterocycles. The Hall–Kier alpha value is -1.73. The Morgan fingerprint density at radius 2 is 1.86 bits per heavy atom. The van der Waals surface area contributed by atoms with Gasteiger partial charge in [0.05, 0.1) is 6.10 Å². The van der Waals surface area contributed by atoms with Crippen LogP contribution in [0.5, 0.6) is 0 Å². The average Bonchev–Trinajstić information content (AvgIpc) is 2.50. The summed E-state index contributed by atoms with van der Waals surface area (Å²) in [4.78, 5) is 17.1. The Bertz CT molecular complexity index is 532. The Kier molecular flexibility index (Phi) is 5.31. The van der Waals surface area contributed by atoms with Crippen LogP contribution in [0.3, 0.4) is 0 Å². The number of benzene rings is 1. The quantitative estimate of drug-likeness (QED) is 0.915. The van der Waals surface area contributed by atoms with Crippen molar-refractivity contribution in [3.05, 3.63) is 35.4 Å². The average molecular weight is 313 g/mol. The molecule has 122 valence electrons. The van der Waals surface area contributed by atoms with E-state index in [2.05, 4.69) is 0 Å². The number of hydrogen-bond acceptors (Lipinski definition) is 3. The molecule has 0 spiro atoms. The number of piperazine rings is 1. The first-order valence-corrected chi connectivity index (χ1v) is 7.20. The van der Waals surface area contributed by atoms with Gasteiger partial charge in [-0.05, 0) is 17.7 Å². The highest BCUT2D eigenvalue weighted by molar-refractivity contribution is 5.73. The molecule has 22 heavy (non-hydrogen) atoms. The van der Waals surface area contributed by atoms with Crippen molar-refractivity contribution in [3.8, 4) is 0 Å². The van der Waals surface area contributed by atoms with Crippen molar-refractivity contribution in [1.29, 1.82) is 0 Å². The van der Waals surface area contributed by atoms with Crippen molar-refractivity contribution in [1.82, 2.24) is 14.7 Å². The molecule has 1 aromatic rings. The SMILES string of the molecule is CN(C)C(=O)N1CCN(CC(O)c2ccc(F)c(F)c2)CC1. The van der Waals surface area contributed by atoms with Crippen LogP contribution >= 0.6 is 0 Å². The predicted octanol–water partition coefficient (Wildman–Crippen LogP) is 1.30. The van der Waals surface area contributed by atoms with Crippen LogP contribution in [0, 0.1) is 11.6 Å². The lowest BCUT2D eigenvalue weighted by Crippen LogP contribution is -2.52. The third-order valence-electron chi connectivity index (χ3n) is 3.78. The van der Waals surface area contributed by atoms with Gasteiger partial charge in [-0.1, -0.05) is 6.07 Å². The molecular formula is C15H21F2N3O2. The Morgan fingerprint density at radius 1 is 1.23 bits per heavy atom. The molecular weight excluding hydrogens is 292 g/mol. The molecule has 0 radical (unpaired) electrons. The van der Waals surface area contributed by atoms with Gasteiger partial charge in [0.2, 0.25) is 0 Å². The van der Waals surface area contributed by atoms with Crippen LogP contribution in [0.15, 0.2) is 18.2 Å². The van der Waals surface area contributed by atoms with Gasteiger partial charge in [-0.2, -0.15) is 0 Å². The number of hydrogen-bond donors (Lipinski definition) is 1. The highest BCUT2D eigenvalue weighted by atomic mass is 19.2. The zero-order valence-electron chi connectivity index (χ0n) is 12.8. The second kappa shape index (κ2) is 7.02. The lowest BCUT2D eigenvalue weighted by molar-refractivity contribution is 0.0760. The van der Waals surface area contributed by atoms with Crippen molar-refractivity contribution in [2.45, 2.75) is 6.10 Å². The zero-order valence-corrected chi connectivity index (χ0v) is 12.8. The third kappa shape index (κ3) is 3.92. The Balaban J connectivity index is 1.87. The Labute approximate surface area is 128 Å². The van der Waals surface area contributed by atoms with Crippen molar-refractivity contribution < 1.29 is 18.7 Å². The van der Waals surface area contributed by atoms with Crippen LogP contribution in [0.25, 0.3) is 0 Å². The summed E-state index contributed by atoms with van der Waals surface area (Å²) in [5, 5.41) is 10.1. The van der Waals surface area contributed by atoms with E-state index in [0.29, 0.717) is 38.3 Å². The summed E-state index contributed by atoms with van der Waals surface area (Å²) in [7, 11) is 3.42. The molecule has 1 aliphatic rings. The second-order valence-corrected chi connectivity index (χ2v) is 5.65. The number of nitrogens with zero attached hydrogens (tertiary/aromatic N) is 3. The van der Waals surface area contributed by atoms with Gasteiger partial charge in [-0.3, -0.25) is 4.90 Å². The minimum Gasteiger partial charge on any atom is -0.387 e. The number of aliphatic hydroxyl groups is 1. The first-order valence-electron chi connectivity index (χ1n) is 7.20. The molecule has 0 saturated carbocycles. The number of rotatable bonds is 3. The summed E-state index contributed by atoms with van der Waals surface area (Å²) in [6.07, 6.45) is -0.883. The molecule has 1 heterocycles. The fraction of sp³-hybridized carbons (Fsp3) is 0.533. The molecule has 1 unspecified atom stereocenters. The van der Waals surface area contributed by atoms with Crippen LogP contribution in [-0.4, -0.2) is 72.7 Å². The largest absolute Gasteiger partial charge is 0.387 e. The van der Waals surface area contributed by atoms with E-state index in [1.54, 1.807) is 19.0 Å². The van der Waals surface area contributed by atoms with Gasteiger partial charge in [-0.25, -0.2) is 13.6 Å². The molecule has 5 nitrogen and oxygen atoms in total. The summed E-state index contributed by atoms with van der Waals surface area (Å²) in [6.45, 7) is 2.78. The molecule has 1 aromatic carbocycles. The third-order valence-corrected chi connectivity index (χ3v) is 3.78. The van der Waals surface area contributed by atoms with Gasteiger partial charge in [0.15, 0.2) is 11.6 Å². The van der Waals surface area contributed by atoms with Gasteiger partial charge in [0, 0.05) is 46.8 Å². The standard InChI is InChI=1S/C15H21F2N3O2/c1-18(2)15(22)20-7-5-19(6-8-20)10-14(21)11-3-4-12(16)13(17)9-11/h3-4,9,14,21H,5-8,10H2,1-2H3. The minimum absolute atomic E-state index is 0.0270. The van der Waals surface area contributed by atoms with E-state index >= 15 is 0 Å². The zero-order chi connectivity index (χ0) is 16.3. The number of urea groups is 1. The molecule has 2 rings (SSSR count). The first kappa shape index (κ1) is 16.6. The highest BCUT2D eigenvalue weighted by Gasteiger charge is 2.24. The highest BCUT2D eigenvalue weighted by Crippen LogP contribution is 2.18. The van der Waals surface area contributed by atoms with Gasteiger partial charge in [0.1, 0.15) is 0 Å². The van der Waals surface area contributed by atoms with Crippen molar-refractivity contribution in [2.24, 2.45) is 0 Å².